The van der Waals surface area contributed by atoms with E-state index in [4.69, 9.17) is 16.7 Å². The van der Waals surface area contributed by atoms with Crippen LogP contribution >= 0.6 is 22.9 Å². The Bertz CT molecular complexity index is 370. The summed E-state index contributed by atoms with van der Waals surface area (Å²) in [7, 11) is 0. The number of hydrogen-bond donors (Lipinski definition) is 1. The minimum Gasteiger partial charge on any atom is -0.476 e. The van der Waals surface area contributed by atoms with Crippen LogP contribution in [0.4, 0.5) is 4.39 Å². The first-order chi connectivity index (χ1) is 6.02. The minimum absolute atomic E-state index is 0.0932. The summed E-state index contributed by atoms with van der Waals surface area (Å²) in [4.78, 5) is 10.3. The maximum Gasteiger partial charge on any atom is 0.365 e. The molecule has 0 aliphatic heterocycles. The van der Waals surface area contributed by atoms with Crippen LogP contribution in [0.25, 0.3) is 5.57 Å². The van der Waals surface area contributed by atoms with Crippen LogP contribution in [-0.4, -0.2) is 11.1 Å². The quantitative estimate of drug-likeness (QED) is 0.778. The summed E-state index contributed by atoms with van der Waals surface area (Å²) in [6.45, 7) is 1.40. The molecule has 0 spiro atoms. The molecule has 0 aliphatic rings. The van der Waals surface area contributed by atoms with Gasteiger partial charge in [0.25, 0.3) is 0 Å². The number of carboxylic acids is 1. The molecule has 0 atom stereocenters. The van der Waals surface area contributed by atoms with Crippen molar-refractivity contribution in [2.24, 2.45) is 0 Å². The third-order valence-electron chi connectivity index (χ3n) is 1.52. The lowest BCUT2D eigenvalue weighted by molar-refractivity contribution is -0.134. The molecule has 0 aromatic carbocycles. The van der Waals surface area contributed by atoms with Crippen molar-refractivity contribution < 1.29 is 14.3 Å². The van der Waals surface area contributed by atoms with Crippen LogP contribution in [0.3, 0.4) is 0 Å². The molecule has 1 rings (SSSR count). The second-order valence-corrected chi connectivity index (χ2v) is 3.93. The molecular formula is C8H6ClFO2S. The topological polar surface area (TPSA) is 37.3 Å². The lowest BCUT2D eigenvalue weighted by atomic mass is 10.1. The summed E-state index contributed by atoms with van der Waals surface area (Å²) in [5.41, 5.74) is 0.602. The highest BCUT2D eigenvalue weighted by molar-refractivity contribution is 7.14. The largest absolute Gasteiger partial charge is 0.476 e. The van der Waals surface area contributed by atoms with Gasteiger partial charge in [-0.25, -0.2) is 4.79 Å². The van der Waals surface area contributed by atoms with Gasteiger partial charge in [0.2, 0.25) is 5.83 Å². The molecule has 70 valence electrons. The van der Waals surface area contributed by atoms with Crippen LogP contribution in [-0.2, 0) is 4.79 Å². The van der Waals surface area contributed by atoms with E-state index in [9.17, 15) is 9.18 Å². The Morgan fingerprint density at radius 3 is 2.69 bits per heavy atom. The summed E-state index contributed by atoms with van der Waals surface area (Å²) >= 11 is 6.85. The summed E-state index contributed by atoms with van der Waals surface area (Å²) in [5, 5.41) is 9.97. The molecule has 13 heavy (non-hydrogen) atoms. The molecule has 0 radical (unpaired) electrons. The third kappa shape index (κ3) is 2.29. The Labute approximate surface area is 83.3 Å². The summed E-state index contributed by atoms with van der Waals surface area (Å²) in [6.07, 6.45) is 0. The highest BCUT2D eigenvalue weighted by Gasteiger charge is 2.12. The molecule has 1 aromatic heterocycles. The predicted molar refractivity (Wildman–Crippen MR) is 50.7 cm³/mol. The lowest BCUT2D eigenvalue weighted by Crippen LogP contribution is -1.97. The van der Waals surface area contributed by atoms with E-state index in [-0.39, 0.29) is 5.57 Å². The molecule has 0 fully saturated rings. The Kier molecular flexibility index (Phi) is 3.06. The average Bonchev–Trinajstić information content (AvgIpc) is 2.49. The van der Waals surface area contributed by atoms with Crippen molar-refractivity contribution in [1.29, 1.82) is 0 Å². The molecule has 2 nitrogen and oxygen atoms in total. The van der Waals surface area contributed by atoms with Gasteiger partial charge in [0.05, 0.1) is 4.34 Å². The van der Waals surface area contributed by atoms with Gasteiger partial charge in [-0.3, -0.25) is 0 Å². The first-order valence-electron chi connectivity index (χ1n) is 3.36. The molecule has 1 aromatic rings. The second-order valence-electron chi connectivity index (χ2n) is 2.38. The first-order valence-corrected chi connectivity index (χ1v) is 4.62. The van der Waals surface area contributed by atoms with Crippen LogP contribution in [0.2, 0.25) is 4.34 Å². The van der Waals surface area contributed by atoms with E-state index in [1.165, 1.54) is 24.3 Å². The van der Waals surface area contributed by atoms with Gasteiger partial charge >= 0.3 is 5.97 Å². The molecule has 1 heterocycles. The van der Waals surface area contributed by atoms with Crippen molar-refractivity contribution in [2.75, 3.05) is 0 Å². The highest BCUT2D eigenvalue weighted by atomic mass is 35.5. The van der Waals surface area contributed by atoms with E-state index in [0.29, 0.717) is 9.90 Å². The molecule has 0 amide bonds. The van der Waals surface area contributed by atoms with Crippen LogP contribution in [0.1, 0.15) is 12.5 Å². The van der Waals surface area contributed by atoms with Crippen molar-refractivity contribution in [3.05, 3.63) is 27.2 Å². The SMILES string of the molecule is CC(=C(F)C(=O)O)c1csc(Cl)c1. The molecule has 5 heteroatoms. The first kappa shape index (κ1) is 10.2. The normalized spacial score (nSPS) is 12.5. The van der Waals surface area contributed by atoms with Crippen molar-refractivity contribution in [3.63, 3.8) is 0 Å². The lowest BCUT2D eigenvalue weighted by Gasteiger charge is -1.96. The van der Waals surface area contributed by atoms with Gasteiger partial charge in [0.1, 0.15) is 0 Å². The van der Waals surface area contributed by atoms with Crippen molar-refractivity contribution in [3.8, 4) is 0 Å². The Balaban J connectivity index is 3.09. The fourth-order valence-electron chi connectivity index (χ4n) is 0.794. The number of aliphatic carboxylic acids is 1. The van der Waals surface area contributed by atoms with Gasteiger partial charge in [-0.1, -0.05) is 11.6 Å². The molecule has 0 unspecified atom stereocenters. The van der Waals surface area contributed by atoms with Crippen LogP contribution in [0.5, 0.6) is 0 Å². The molecule has 0 saturated heterocycles. The van der Waals surface area contributed by atoms with Crippen LogP contribution in [0.15, 0.2) is 17.3 Å². The Morgan fingerprint density at radius 1 is 1.69 bits per heavy atom. The molecular weight excluding hydrogens is 215 g/mol. The zero-order valence-electron chi connectivity index (χ0n) is 6.67. The number of thiophene rings is 1. The average molecular weight is 221 g/mol. The van der Waals surface area contributed by atoms with E-state index in [1.807, 2.05) is 0 Å². The number of allylic oxidation sites excluding steroid dienone is 1. The van der Waals surface area contributed by atoms with Crippen molar-refractivity contribution >= 4 is 34.5 Å². The number of rotatable bonds is 2. The maximum atomic E-state index is 12.9. The standard InChI is InChI=1S/C8H6ClFO2S/c1-4(7(10)8(11)12)5-2-6(9)13-3-5/h2-3H,1H3,(H,11,12). The fourth-order valence-corrected chi connectivity index (χ4v) is 1.72. The van der Waals surface area contributed by atoms with Gasteiger partial charge in [-0.2, -0.15) is 4.39 Å². The van der Waals surface area contributed by atoms with E-state index in [1.54, 1.807) is 5.38 Å². The van der Waals surface area contributed by atoms with Crippen molar-refractivity contribution in [1.82, 2.24) is 0 Å². The fraction of sp³-hybridized carbons (Fsp3) is 0.125. The highest BCUT2D eigenvalue weighted by Crippen LogP contribution is 2.27. The zero-order valence-corrected chi connectivity index (χ0v) is 8.25. The minimum atomic E-state index is -1.56. The van der Waals surface area contributed by atoms with Gasteiger partial charge in [-0.05, 0) is 23.9 Å². The summed E-state index contributed by atoms with van der Waals surface area (Å²) in [6, 6.07) is 1.53. The number of carboxylic acid groups (broad SMARTS) is 1. The van der Waals surface area contributed by atoms with E-state index >= 15 is 0 Å². The van der Waals surface area contributed by atoms with Gasteiger partial charge in [0, 0.05) is 5.57 Å². The van der Waals surface area contributed by atoms with Crippen LogP contribution in [0, 0.1) is 0 Å². The van der Waals surface area contributed by atoms with E-state index < -0.39 is 11.8 Å². The smallest absolute Gasteiger partial charge is 0.365 e. The Morgan fingerprint density at radius 2 is 2.31 bits per heavy atom. The van der Waals surface area contributed by atoms with Crippen molar-refractivity contribution in [2.45, 2.75) is 6.92 Å². The van der Waals surface area contributed by atoms with Gasteiger partial charge in [0.15, 0.2) is 0 Å². The molecule has 0 aliphatic carbocycles. The second kappa shape index (κ2) is 3.89. The predicted octanol–water partition coefficient (Wildman–Crippen LogP) is 3.19. The Hall–Kier alpha value is -0.870. The molecule has 0 saturated carbocycles. The monoisotopic (exact) mass is 220 g/mol. The summed E-state index contributed by atoms with van der Waals surface area (Å²) < 4.78 is 13.4. The van der Waals surface area contributed by atoms with Gasteiger partial charge < -0.3 is 5.11 Å². The van der Waals surface area contributed by atoms with E-state index in [2.05, 4.69) is 0 Å². The third-order valence-corrected chi connectivity index (χ3v) is 2.61. The number of carbonyl (C=O) groups is 1. The molecule has 1 N–H and O–H groups in total. The molecule has 0 bridgehead atoms. The maximum absolute atomic E-state index is 12.9. The van der Waals surface area contributed by atoms with Crippen LogP contribution < -0.4 is 0 Å². The zero-order chi connectivity index (χ0) is 10.0. The summed E-state index contributed by atoms with van der Waals surface area (Å²) in [5.74, 6) is -2.70. The van der Waals surface area contributed by atoms with Gasteiger partial charge in [-0.15, -0.1) is 11.3 Å². The number of hydrogen-bond acceptors (Lipinski definition) is 2. The number of halogens is 2. The van der Waals surface area contributed by atoms with E-state index in [0.717, 1.165) is 0 Å².